The number of halogens is 2. The summed E-state index contributed by atoms with van der Waals surface area (Å²) in [5, 5.41) is 2.65. The summed E-state index contributed by atoms with van der Waals surface area (Å²) in [4.78, 5) is 11.3. The van der Waals surface area contributed by atoms with E-state index < -0.39 is 11.6 Å². The van der Waals surface area contributed by atoms with Crippen molar-refractivity contribution < 1.29 is 13.6 Å². The van der Waals surface area contributed by atoms with Crippen LogP contribution in [0.25, 0.3) is 0 Å². The number of hydrogen-bond acceptors (Lipinski definition) is 1. The van der Waals surface area contributed by atoms with Crippen LogP contribution in [0.3, 0.4) is 0 Å². The number of carbonyl (C=O) groups is 1. The fourth-order valence-corrected chi connectivity index (χ4v) is 1.68. The maximum absolute atomic E-state index is 12.9. The predicted octanol–water partition coefficient (Wildman–Crippen LogP) is 2.16. The molecule has 0 spiro atoms. The van der Waals surface area contributed by atoms with Crippen LogP contribution >= 0.6 is 0 Å². The fraction of sp³-hybridized carbons (Fsp3) is 0.300. The van der Waals surface area contributed by atoms with Crippen LogP contribution in [0.5, 0.6) is 0 Å². The van der Waals surface area contributed by atoms with Crippen molar-refractivity contribution in [2.75, 3.05) is 0 Å². The molecule has 0 saturated carbocycles. The number of rotatable bonds is 1. The molecule has 1 unspecified atom stereocenters. The molecule has 1 aliphatic rings. The van der Waals surface area contributed by atoms with Gasteiger partial charge in [0.2, 0.25) is 0 Å². The molecule has 4 heteroatoms. The van der Waals surface area contributed by atoms with Crippen molar-refractivity contribution in [3.05, 3.63) is 34.9 Å². The van der Waals surface area contributed by atoms with Crippen molar-refractivity contribution in [3.63, 3.8) is 0 Å². The molecule has 2 rings (SSSR count). The highest BCUT2D eigenvalue weighted by Gasteiger charge is 2.28. The first-order chi connectivity index (χ1) is 6.63. The standard InChI is InChI=1S/C10H9F2NO/c1-2-9-5-3-7(11)8(12)4-6(5)10(14)13-9/h3-4,9H,2H2,1H3,(H,13,14). The second kappa shape index (κ2) is 3.04. The van der Waals surface area contributed by atoms with E-state index in [-0.39, 0.29) is 17.5 Å². The highest BCUT2D eigenvalue weighted by molar-refractivity contribution is 5.99. The Bertz CT molecular complexity index is 403. The van der Waals surface area contributed by atoms with Crippen molar-refractivity contribution in [2.24, 2.45) is 0 Å². The van der Waals surface area contributed by atoms with Gasteiger partial charge in [0.15, 0.2) is 11.6 Å². The van der Waals surface area contributed by atoms with Gasteiger partial charge in [0, 0.05) is 5.56 Å². The lowest BCUT2D eigenvalue weighted by molar-refractivity contribution is 0.0955. The molecule has 0 radical (unpaired) electrons. The summed E-state index contributed by atoms with van der Waals surface area (Å²) in [6, 6.07) is 1.86. The van der Waals surface area contributed by atoms with Crippen LogP contribution < -0.4 is 5.32 Å². The molecule has 1 atom stereocenters. The van der Waals surface area contributed by atoms with Gasteiger partial charge in [0.1, 0.15) is 0 Å². The zero-order chi connectivity index (χ0) is 10.3. The third-order valence-electron chi connectivity index (χ3n) is 2.43. The van der Waals surface area contributed by atoms with E-state index >= 15 is 0 Å². The number of amides is 1. The molecular weight excluding hydrogens is 188 g/mol. The number of hydrogen-bond donors (Lipinski definition) is 1. The zero-order valence-corrected chi connectivity index (χ0v) is 7.60. The third-order valence-corrected chi connectivity index (χ3v) is 2.43. The Balaban J connectivity index is 2.58. The lowest BCUT2D eigenvalue weighted by Gasteiger charge is -2.07. The first-order valence-electron chi connectivity index (χ1n) is 4.43. The summed E-state index contributed by atoms with van der Waals surface area (Å²) in [5.41, 5.74) is 0.798. The Morgan fingerprint density at radius 3 is 2.64 bits per heavy atom. The van der Waals surface area contributed by atoms with Gasteiger partial charge in [-0.1, -0.05) is 6.92 Å². The molecule has 1 aromatic rings. The van der Waals surface area contributed by atoms with Crippen LogP contribution in [0.4, 0.5) is 8.78 Å². The maximum Gasteiger partial charge on any atom is 0.252 e. The molecule has 14 heavy (non-hydrogen) atoms. The summed E-state index contributed by atoms with van der Waals surface area (Å²) >= 11 is 0. The molecule has 0 aromatic heterocycles. The summed E-state index contributed by atoms with van der Waals surface area (Å²) in [6.07, 6.45) is 0.670. The van der Waals surface area contributed by atoms with Crippen LogP contribution in [0.15, 0.2) is 12.1 Å². The van der Waals surface area contributed by atoms with Gasteiger partial charge < -0.3 is 5.32 Å². The predicted molar refractivity (Wildman–Crippen MR) is 46.9 cm³/mol. The van der Waals surface area contributed by atoms with Crippen LogP contribution in [-0.4, -0.2) is 5.91 Å². The number of nitrogens with one attached hydrogen (secondary N) is 1. The maximum atomic E-state index is 12.9. The van der Waals surface area contributed by atoms with Crippen molar-refractivity contribution in [3.8, 4) is 0 Å². The second-order valence-electron chi connectivity index (χ2n) is 3.29. The van der Waals surface area contributed by atoms with Crippen LogP contribution in [-0.2, 0) is 0 Å². The average molecular weight is 197 g/mol. The number of benzene rings is 1. The van der Waals surface area contributed by atoms with E-state index in [4.69, 9.17) is 0 Å². The van der Waals surface area contributed by atoms with E-state index in [9.17, 15) is 13.6 Å². The first kappa shape index (κ1) is 9.12. The molecule has 0 bridgehead atoms. The summed E-state index contributed by atoms with van der Waals surface area (Å²) in [7, 11) is 0. The van der Waals surface area contributed by atoms with Gasteiger partial charge in [-0.25, -0.2) is 8.78 Å². The smallest absolute Gasteiger partial charge is 0.252 e. The molecule has 1 aromatic carbocycles. The molecule has 1 amide bonds. The molecule has 74 valence electrons. The van der Waals surface area contributed by atoms with Crippen LogP contribution in [0, 0.1) is 11.6 Å². The minimum absolute atomic E-state index is 0.187. The molecule has 0 aliphatic carbocycles. The average Bonchev–Trinajstić information content (AvgIpc) is 2.45. The zero-order valence-electron chi connectivity index (χ0n) is 7.60. The monoisotopic (exact) mass is 197 g/mol. The normalized spacial score (nSPS) is 19.4. The number of carbonyl (C=O) groups excluding carboxylic acids is 1. The molecule has 0 fully saturated rings. The van der Waals surface area contributed by atoms with E-state index in [1.165, 1.54) is 0 Å². The summed E-state index contributed by atoms with van der Waals surface area (Å²) in [6.45, 7) is 1.88. The SMILES string of the molecule is CCC1NC(=O)c2cc(F)c(F)cc21. The van der Waals surface area contributed by atoms with Gasteiger partial charge in [0.05, 0.1) is 6.04 Å². The molecule has 1 N–H and O–H groups in total. The molecule has 1 heterocycles. The largest absolute Gasteiger partial charge is 0.345 e. The summed E-state index contributed by atoms with van der Waals surface area (Å²) in [5.74, 6) is -2.21. The van der Waals surface area contributed by atoms with Crippen LogP contribution in [0.2, 0.25) is 0 Å². The van der Waals surface area contributed by atoms with E-state index in [1.54, 1.807) is 0 Å². The Labute approximate surface area is 79.9 Å². The molecular formula is C10H9F2NO. The van der Waals surface area contributed by atoms with Gasteiger partial charge in [-0.3, -0.25) is 4.79 Å². The van der Waals surface area contributed by atoms with Crippen molar-refractivity contribution in [1.29, 1.82) is 0 Å². The van der Waals surface area contributed by atoms with Gasteiger partial charge in [0.25, 0.3) is 5.91 Å². The lowest BCUT2D eigenvalue weighted by atomic mass is 10.0. The lowest BCUT2D eigenvalue weighted by Crippen LogP contribution is -2.17. The van der Waals surface area contributed by atoms with E-state index in [0.717, 1.165) is 12.1 Å². The van der Waals surface area contributed by atoms with Crippen molar-refractivity contribution in [1.82, 2.24) is 5.32 Å². The van der Waals surface area contributed by atoms with Gasteiger partial charge in [-0.2, -0.15) is 0 Å². The molecule has 1 aliphatic heterocycles. The highest BCUT2D eigenvalue weighted by Crippen LogP contribution is 2.29. The van der Waals surface area contributed by atoms with Gasteiger partial charge in [-0.05, 0) is 24.1 Å². The molecule has 2 nitrogen and oxygen atoms in total. The van der Waals surface area contributed by atoms with E-state index in [2.05, 4.69) is 5.32 Å². The minimum atomic E-state index is -0.976. The Morgan fingerprint density at radius 2 is 2.00 bits per heavy atom. The fourth-order valence-electron chi connectivity index (χ4n) is 1.68. The topological polar surface area (TPSA) is 29.1 Å². The van der Waals surface area contributed by atoms with Gasteiger partial charge >= 0.3 is 0 Å². The first-order valence-corrected chi connectivity index (χ1v) is 4.43. The number of fused-ring (bicyclic) bond motifs is 1. The Kier molecular flexibility index (Phi) is 1.98. The Hall–Kier alpha value is -1.45. The molecule has 0 saturated heterocycles. The quantitative estimate of drug-likeness (QED) is 0.734. The van der Waals surface area contributed by atoms with Crippen molar-refractivity contribution in [2.45, 2.75) is 19.4 Å². The van der Waals surface area contributed by atoms with E-state index in [0.29, 0.717) is 12.0 Å². The Morgan fingerprint density at radius 1 is 1.36 bits per heavy atom. The van der Waals surface area contributed by atoms with Crippen molar-refractivity contribution >= 4 is 5.91 Å². The third kappa shape index (κ3) is 1.18. The highest BCUT2D eigenvalue weighted by atomic mass is 19.2. The van der Waals surface area contributed by atoms with E-state index in [1.807, 2.05) is 6.92 Å². The summed E-state index contributed by atoms with van der Waals surface area (Å²) < 4.78 is 25.7. The minimum Gasteiger partial charge on any atom is -0.345 e. The second-order valence-corrected chi connectivity index (χ2v) is 3.29. The van der Waals surface area contributed by atoms with Gasteiger partial charge in [-0.15, -0.1) is 0 Å². The van der Waals surface area contributed by atoms with Crippen LogP contribution in [0.1, 0.15) is 35.3 Å².